The number of carbonyl (C=O) groups is 2. The van der Waals surface area contributed by atoms with Crippen molar-refractivity contribution in [3.63, 3.8) is 0 Å². The minimum absolute atomic E-state index is 0.0256. The zero-order valence-electron chi connectivity index (χ0n) is 8.91. The van der Waals surface area contributed by atoms with Crippen molar-refractivity contribution in [2.75, 3.05) is 5.06 Å². The van der Waals surface area contributed by atoms with Crippen molar-refractivity contribution in [2.45, 2.75) is 18.4 Å². The minimum Gasteiger partial charge on any atom is -0.480 e. The molecule has 2 atom stereocenters. The molecule has 0 spiro atoms. The number of fused-ring (bicyclic) bond motifs is 1. The van der Waals surface area contributed by atoms with E-state index in [0.717, 1.165) is 0 Å². The van der Waals surface area contributed by atoms with E-state index >= 15 is 0 Å². The van der Waals surface area contributed by atoms with E-state index in [9.17, 15) is 14.8 Å². The van der Waals surface area contributed by atoms with Gasteiger partial charge >= 0.3 is 5.97 Å². The van der Waals surface area contributed by atoms with Gasteiger partial charge in [-0.05, 0) is 18.1 Å². The number of benzene rings is 1. The van der Waals surface area contributed by atoms with Gasteiger partial charge in [-0.1, -0.05) is 18.2 Å². The van der Waals surface area contributed by atoms with E-state index in [4.69, 9.17) is 10.8 Å². The van der Waals surface area contributed by atoms with E-state index in [1.165, 1.54) is 0 Å². The molecule has 0 fully saturated rings. The Labute approximate surface area is 97.2 Å². The highest BCUT2D eigenvalue weighted by Crippen LogP contribution is 2.38. The molecule has 1 amide bonds. The van der Waals surface area contributed by atoms with E-state index in [0.29, 0.717) is 16.3 Å². The fourth-order valence-electron chi connectivity index (χ4n) is 1.96. The summed E-state index contributed by atoms with van der Waals surface area (Å²) in [5.74, 6) is -2.39. The SMILES string of the molecule is NC(CC1C(=O)N(O)c2ccccc21)C(=O)O. The van der Waals surface area contributed by atoms with Gasteiger partial charge in [0.15, 0.2) is 0 Å². The number of nitrogens with zero attached hydrogens (tertiary/aromatic N) is 1. The maximum atomic E-state index is 11.7. The minimum atomic E-state index is -1.16. The Morgan fingerprint density at radius 2 is 2.12 bits per heavy atom. The molecule has 0 aromatic heterocycles. The van der Waals surface area contributed by atoms with Crippen LogP contribution in [0.15, 0.2) is 24.3 Å². The number of hydroxylamine groups is 1. The van der Waals surface area contributed by atoms with Crippen LogP contribution < -0.4 is 10.8 Å². The van der Waals surface area contributed by atoms with Gasteiger partial charge in [0.1, 0.15) is 6.04 Å². The molecule has 0 saturated heterocycles. The molecule has 17 heavy (non-hydrogen) atoms. The van der Waals surface area contributed by atoms with Crippen molar-refractivity contribution >= 4 is 17.6 Å². The summed E-state index contributed by atoms with van der Waals surface area (Å²) in [6.45, 7) is 0. The normalized spacial score (nSPS) is 20.2. The first-order valence-corrected chi connectivity index (χ1v) is 5.12. The summed E-state index contributed by atoms with van der Waals surface area (Å²) in [5.41, 5.74) is 6.41. The number of hydrogen-bond donors (Lipinski definition) is 3. The number of carboxylic acids is 1. The smallest absolute Gasteiger partial charge is 0.320 e. The lowest BCUT2D eigenvalue weighted by Gasteiger charge is -2.12. The third-order valence-electron chi connectivity index (χ3n) is 2.85. The molecule has 2 rings (SSSR count). The van der Waals surface area contributed by atoms with Crippen LogP contribution in [0.1, 0.15) is 17.9 Å². The number of rotatable bonds is 3. The molecule has 1 aliphatic rings. The first-order valence-electron chi connectivity index (χ1n) is 5.12. The van der Waals surface area contributed by atoms with Crippen LogP contribution in [0, 0.1) is 0 Å². The van der Waals surface area contributed by atoms with Gasteiger partial charge in [-0.2, -0.15) is 5.06 Å². The number of amides is 1. The lowest BCUT2D eigenvalue weighted by Crippen LogP contribution is -2.34. The van der Waals surface area contributed by atoms with Crippen molar-refractivity contribution in [2.24, 2.45) is 5.73 Å². The van der Waals surface area contributed by atoms with Crippen molar-refractivity contribution in [3.8, 4) is 0 Å². The van der Waals surface area contributed by atoms with Crippen LogP contribution in [0.5, 0.6) is 0 Å². The maximum Gasteiger partial charge on any atom is 0.320 e. The number of nitrogens with two attached hydrogens (primary N) is 1. The molecule has 1 aliphatic heterocycles. The number of para-hydroxylation sites is 1. The van der Waals surface area contributed by atoms with Crippen LogP contribution in [-0.4, -0.2) is 28.2 Å². The Balaban J connectivity index is 2.30. The summed E-state index contributed by atoms with van der Waals surface area (Å²) >= 11 is 0. The van der Waals surface area contributed by atoms with Crippen molar-refractivity contribution in [1.82, 2.24) is 0 Å². The fourth-order valence-corrected chi connectivity index (χ4v) is 1.96. The van der Waals surface area contributed by atoms with E-state index in [-0.39, 0.29) is 6.42 Å². The second kappa shape index (κ2) is 4.15. The summed E-state index contributed by atoms with van der Waals surface area (Å²) < 4.78 is 0. The fraction of sp³-hybridized carbons (Fsp3) is 0.273. The molecular formula is C11H12N2O4. The highest BCUT2D eigenvalue weighted by Gasteiger charge is 2.38. The molecule has 6 heteroatoms. The summed E-state index contributed by atoms with van der Waals surface area (Å²) in [6, 6.07) is 5.57. The third-order valence-corrected chi connectivity index (χ3v) is 2.85. The topological polar surface area (TPSA) is 104 Å². The van der Waals surface area contributed by atoms with E-state index < -0.39 is 23.8 Å². The average molecular weight is 236 g/mol. The summed E-state index contributed by atoms with van der Waals surface area (Å²) in [6.07, 6.45) is -0.0256. The lowest BCUT2D eigenvalue weighted by molar-refractivity contribution is -0.138. The molecule has 0 aliphatic carbocycles. The Kier molecular flexibility index (Phi) is 2.83. The molecule has 0 bridgehead atoms. The van der Waals surface area contributed by atoms with Gasteiger partial charge in [0.2, 0.25) is 0 Å². The molecule has 0 radical (unpaired) electrons. The number of carbonyl (C=O) groups excluding carboxylic acids is 1. The Bertz CT molecular complexity index is 474. The Hall–Kier alpha value is -1.92. The third kappa shape index (κ3) is 1.88. The quantitative estimate of drug-likeness (QED) is 0.655. The Morgan fingerprint density at radius 3 is 2.76 bits per heavy atom. The van der Waals surface area contributed by atoms with Crippen molar-refractivity contribution in [3.05, 3.63) is 29.8 Å². The van der Waals surface area contributed by atoms with Crippen LogP contribution in [0.3, 0.4) is 0 Å². The van der Waals surface area contributed by atoms with Gasteiger partial charge in [0.25, 0.3) is 5.91 Å². The largest absolute Gasteiger partial charge is 0.480 e. The number of carboxylic acid groups (broad SMARTS) is 1. The molecule has 0 saturated carbocycles. The van der Waals surface area contributed by atoms with Gasteiger partial charge in [-0.25, -0.2) is 0 Å². The van der Waals surface area contributed by atoms with Gasteiger partial charge in [-0.15, -0.1) is 0 Å². The van der Waals surface area contributed by atoms with Gasteiger partial charge in [-0.3, -0.25) is 14.8 Å². The molecule has 2 unspecified atom stereocenters. The monoisotopic (exact) mass is 236 g/mol. The van der Waals surface area contributed by atoms with Crippen LogP contribution in [0.25, 0.3) is 0 Å². The van der Waals surface area contributed by atoms with E-state index in [1.807, 2.05) is 0 Å². The molecule has 1 heterocycles. The molecule has 90 valence electrons. The van der Waals surface area contributed by atoms with Crippen LogP contribution in [-0.2, 0) is 9.59 Å². The zero-order valence-corrected chi connectivity index (χ0v) is 8.91. The first kappa shape index (κ1) is 11.6. The average Bonchev–Trinajstić information content (AvgIpc) is 2.55. The van der Waals surface area contributed by atoms with Crippen molar-refractivity contribution in [1.29, 1.82) is 0 Å². The van der Waals surface area contributed by atoms with Crippen molar-refractivity contribution < 1.29 is 19.9 Å². The highest BCUT2D eigenvalue weighted by molar-refractivity contribution is 6.03. The maximum absolute atomic E-state index is 11.7. The van der Waals surface area contributed by atoms with Gasteiger partial charge in [0.05, 0.1) is 11.6 Å². The summed E-state index contributed by atoms with van der Waals surface area (Å²) in [5, 5.41) is 18.8. The molecular weight excluding hydrogens is 224 g/mol. The molecule has 1 aromatic carbocycles. The number of anilines is 1. The summed E-state index contributed by atoms with van der Waals surface area (Å²) in [4.78, 5) is 22.4. The van der Waals surface area contributed by atoms with E-state index in [1.54, 1.807) is 24.3 Å². The van der Waals surface area contributed by atoms with Gasteiger partial charge < -0.3 is 10.8 Å². The predicted octanol–water partition coefficient (Wildman–Crippen LogP) is 0.308. The van der Waals surface area contributed by atoms with Gasteiger partial charge in [0, 0.05) is 0 Å². The predicted molar refractivity (Wildman–Crippen MR) is 58.7 cm³/mol. The second-order valence-corrected chi connectivity index (χ2v) is 3.94. The Morgan fingerprint density at radius 1 is 1.47 bits per heavy atom. The highest BCUT2D eigenvalue weighted by atomic mass is 16.5. The number of hydrogen-bond acceptors (Lipinski definition) is 4. The molecule has 1 aromatic rings. The van der Waals surface area contributed by atoms with Crippen LogP contribution >= 0.6 is 0 Å². The molecule has 6 nitrogen and oxygen atoms in total. The zero-order chi connectivity index (χ0) is 12.6. The standard InChI is InChI=1S/C11H12N2O4/c12-8(11(15)16)5-7-6-3-1-2-4-9(6)13(17)10(7)14/h1-4,7-8,17H,5,12H2,(H,15,16). The lowest BCUT2D eigenvalue weighted by atomic mass is 9.94. The summed E-state index contributed by atoms with van der Waals surface area (Å²) in [7, 11) is 0. The van der Waals surface area contributed by atoms with Crippen LogP contribution in [0.4, 0.5) is 5.69 Å². The first-order chi connectivity index (χ1) is 8.02. The van der Waals surface area contributed by atoms with E-state index in [2.05, 4.69) is 0 Å². The van der Waals surface area contributed by atoms with Crippen LogP contribution in [0.2, 0.25) is 0 Å². The second-order valence-electron chi connectivity index (χ2n) is 3.94. The molecule has 4 N–H and O–H groups in total. The number of aliphatic carboxylic acids is 1.